The van der Waals surface area contributed by atoms with Gasteiger partial charge in [0.1, 0.15) is 24.6 Å². The van der Waals surface area contributed by atoms with Crippen molar-refractivity contribution in [2.75, 3.05) is 32.2 Å². The van der Waals surface area contributed by atoms with Crippen LogP contribution >= 0.6 is 11.6 Å². The summed E-state index contributed by atoms with van der Waals surface area (Å²) >= 11 is 6.41. The Morgan fingerprint density at radius 1 is 1.20 bits per heavy atom. The van der Waals surface area contributed by atoms with E-state index in [1.54, 1.807) is 6.07 Å². The largest absolute Gasteiger partial charge is 0.490 e. The number of aliphatic hydroxyl groups is 3. The number of carbonyl (C=O) groups is 1. The highest BCUT2D eigenvalue weighted by atomic mass is 35.5. The maximum Gasteiger partial charge on any atom is 0.192 e. The number of fused-ring (bicyclic) bond motifs is 1. The average molecular weight is 436 g/mol. The van der Waals surface area contributed by atoms with Crippen molar-refractivity contribution in [3.05, 3.63) is 58.1 Å². The molecule has 0 saturated carbocycles. The smallest absolute Gasteiger partial charge is 0.192 e. The Hall–Kier alpha value is -2.16. The molecular weight excluding hydrogens is 410 g/mol. The quantitative estimate of drug-likeness (QED) is 0.582. The maximum atomic E-state index is 11.8. The number of hydrogen-bond acceptors (Lipinski definition) is 7. The van der Waals surface area contributed by atoms with Crippen LogP contribution in [0, 0.1) is 0 Å². The van der Waals surface area contributed by atoms with E-state index in [1.807, 2.05) is 30.3 Å². The van der Waals surface area contributed by atoms with Gasteiger partial charge in [0.15, 0.2) is 5.78 Å². The zero-order valence-corrected chi connectivity index (χ0v) is 17.4. The summed E-state index contributed by atoms with van der Waals surface area (Å²) in [6, 6.07) is 11.6. The van der Waals surface area contributed by atoms with Gasteiger partial charge in [-0.05, 0) is 41.3 Å². The lowest BCUT2D eigenvalue weighted by molar-refractivity contribution is -0.161. The van der Waals surface area contributed by atoms with Crippen LogP contribution in [0.2, 0.25) is 5.02 Å². The van der Waals surface area contributed by atoms with E-state index < -0.39 is 30.7 Å². The molecule has 1 fully saturated rings. The molecule has 0 aromatic heterocycles. The summed E-state index contributed by atoms with van der Waals surface area (Å²) in [7, 11) is 1.00. The minimum atomic E-state index is -1.14. The van der Waals surface area contributed by atoms with E-state index in [2.05, 4.69) is 5.32 Å². The third kappa shape index (κ3) is 4.94. The Kier molecular flexibility index (Phi) is 7.69. The number of Topliss-reactive ketones (excluding diaryl/α,β-unsaturated/α-hetero) is 1. The summed E-state index contributed by atoms with van der Waals surface area (Å²) in [5, 5.41) is 30.3. The van der Waals surface area contributed by atoms with Crippen molar-refractivity contribution in [3.8, 4) is 5.75 Å². The first-order chi connectivity index (χ1) is 14.5. The number of nitrogens with one attached hydrogen (secondary N) is 1. The first-order valence-electron chi connectivity index (χ1n) is 9.76. The van der Waals surface area contributed by atoms with Crippen LogP contribution in [0.15, 0.2) is 36.4 Å². The predicted molar refractivity (Wildman–Crippen MR) is 113 cm³/mol. The number of carbonyl (C=O) groups excluding carboxylic acids is 1. The Morgan fingerprint density at radius 3 is 2.77 bits per heavy atom. The molecule has 2 aliphatic rings. The molecule has 4 N–H and O–H groups in total. The van der Waals surface area contributed by atoms with E-state index in [0.717, 1.165) is 41.8 Å². The second kappa shape index (κ2) is 10.2. The Bertz CT molecular complexity index is 890. The van der Waals surface area contributed by atoms with Crippen LogP contribution in [0.4, 0.5) is 5.69 Å². The highest BCUT2D eigenvalue weighted by molar-refractivity contribution is 6.31. The normalized spacial score (nSPS) is 22.8. The van der Waals surface area contributed by atoms with Crippen LogP contribution < -0.4 is 10.1 Å². The number of aliphatic hydroxyl groups excluding tert-OH is 3. The summed E-state index contributed by atoms with van der Waals surface area (Å²) in [5.41, 5.74) is 3.78. The third-order valence-electron chi connectivity index (χ3n) is 5.13. The number of hydrogen-bond donors (Lipinski definition) is 4. The monoisotopic (exact) mass is 435 g/mol. The van der Waals surface area contributed by atoms with Gasteiger partial charge in [-0.2, -0.15) is 0 Å². The zero-order chi connectivity index (χ0) is 21.7. The summed E-state index contributed by atoms with van der Waals surface area (Å²) in [4.78, 5) is 11.8. The molecule has 8 heteroatoms. The molecule has 162 valence electrons. The van der Waals surface area contributed by atoms with Gasteiger partial charge in [0.2, 0.25) is 0 Å². The minimum absolute atomic E-state index is 0.161. The van der Waals surface area contributed by atoms with Gasteiger partial charge in [0.25, 0.3) is 0 Å². The molecule has 2 aliphatic heterocycles. The topological polar surface area (TPSA) is 108 Å². The van der Waals surface area contributed by atoms with Gasteiger partial charge in [-0.15, -0.1) is 0 Å². The van der Waals surface area contributed by atoms with E-state index in [-0.39, 0.29) is 6.42 Å². The molecule has 30 heavy (non-hydrogen) atoms. The minimum Gasteiger partial charge on any atom is -0.490 e. The van der Waals surface area contributed by atoms with Crippen LogP contribution in [-0.4, -0.2) is 60.2 Å². The Morgan fingerprint density at radius 2 is 2.00 bits per heavy atom. The van der Waals surface area contributed by atoms with E-state index in [0.29, 0.717) is 18.1 Å². The third-order valence-corrected chi connectivity index (χ3v) is 5.50. The molecule has 2 aromatic rings. The molecule has 0 radical (unpaired) electrons. The van der Waals surface area contributed by atoms with Crippen LogP contribution in [0.5, 0.6) is 5.75 Å². The second-order valence-electron chi connectivity index (χ2n) is 7.08. The predicted octanol–water partition coefficient (Wildman–Crippen LogP) is 2.10. The molecular formula is C22H26ClNO6. The molecule has 4 rings (SSSR count). The first kappa shape index (κ1) is 22.5. The number of halogens is 1. The summed E-state index contributed by atoms with van der Waals surface area (Å²) < 4.78 is 11.4. The van der Waals surface area contributed by atoms with Crippen molar-refractivity contribution in [2.24, 2.45) is 0 Å². The fourth-order valence-electron chi connectivity index (χ4n) is 3.64. The standard InChI is InChI=1S/C21H22ClNO5.CH4O/c22-15-3-2-13(18-10-17(25)21(26)20(11-24)28-18)9-14(15)7-12-1-4-16-19(8-12)27-6-5-23-16;1-2/h1-4,8-9,17-18,20,23-25H,5-7,10-11H2;2H,1H3. The molecule has 0 amide bonds. The van der Waals surface area contributed by atoms with Crippen molar-refractivity contribution in [1.82, 2.24) is 0 Å². The van der Waals surface area contributed by atoms with Gasteiger partial charge in [0.05, 0.1) is 18.4 Å². The fourth-order valence-corrected chi connectivity index (χ4v) is 3.83. The number of anilines is 1. The molecule has 1 saturated heterocycles. The summed E-state index contributed by atoms with van der Waals surface area (Å²) in [6.07, 6.45) is -1.84. The Balaban J connectivity index is 0.00000124. The average Bonchev–Trinajstić information content (AvgIpc) is 2.78. The first-order valence-corrected chi connectivity index (χ1v) is 10.1. The van der Waals surface area contributed by atoms with Crippen LogP contribution in [-0.2, 0) is 16.0 Å². The van der Waals surface area contributed by atoms with Gasteiger partial charge in [-0.1, -0.05) is 29.8 Å². The van der Waals surface area contributed by atoms with Gasteiger partial charge in [-0.3, -0.25) is 4.79 Å². The van der Waals surface area contributed by atoms with Gasteiger partial charge in [-0.25, -0.2) is 0 Å². The lowest BCUT2D eigenvalue weighted by atomic mass is 9.93. The van der Waals surface area contributed by atoms with Gasteiger partial charge < -0.3 is 30.1 Å². The van der Waals surface area contributed by atoms with Crippen molar-refractivity contribution >= 4 is 23.1 Å². The summed E-state index contributed by atoms with van der Waals surface area (Å²) in [5.74, 6) is 0.356. The molecule has 0 aliphatic carbocycles. The van der Waals surface area contributed by atoms with Gasteiger partial charge >= 0.3 is 0 Å². The molecule has 2 heterocycles. The molecule has 3 atom stereocenters. The van der Waals surface area contributed by atoms with Crippen LogP contribution in [0.3, 0.4) is 0 Å². The Labute approximate surface area is 180 Å². The number of ether oxygens (including phenoxy) is 2. The van der Waals surface area contributed by atoms with Crippen molar-refractivity contribution < 1.29 is 29.6 Å². The molecule has 7 nitrogen and oxygen atoms in total. The van der Waals surface area contributed by atoms with Crippen molar-refractivity contribution in [1.29, 1.82) is 0 Å². The maximum absolute atomic E-state index is 11.8. The van der Waals surface area contributed by atoms with Crippen LogP contribution in [0.25, 0.3) is 0 Å². The van der Waals surface area contributed by atoms with Crippen molar-refractivity contribution in [3.63, 3.8) is 0 Å². The van der Waals surface area contributed by atoms with E-state index in [9.17, 15) is 15.0 Å². The fraction of sp³-hybridized carbons (Fsp3) is 0.409. The van der Waals surface area contributed by atoms with E-state index >= 15 is 0 Å². The highest BCUT2D eigenvalue weighted by Crippen LogP contribution is 2.34. The van der Waals surface area contributed by atoms with Crippen molar-refractivity contribution in [2.45, 2.75) is 31.2 Å². The molecule has 0 spiro atoms. The van der Waals surface area contributed by atoms with Crippen LogP contribution in [0.1, 0.15) is 29.2 Å². The molecule has 2 aromatic carbocycles. The highest BCUT2D eigenvalue weighted by Gasteiger charge is 2.36. The molecule has 3 unspecified atom stereocenters. The second-order valence-corrected chi connectivity index (χ2v) is 7.49. The van der Waals surface area contributed by atoms with E-state index in [1.165, 1.54) is 0 Å². The molecule has 0 bridgehead atoms. The van der Waals surface area contributed by atoms with Gasteiger partial charge in [0, 0.05) is 25.1 Å². The lowest BCUT2D eigenvalue weighted by Crippen LogP contribution is -2.43. The SMILES string of the molecule is CO.O=C1C(O)CC(c2ccc(Cl)c(Cc3ccc4c(c3)OCCN4)c2)OC1CO. The zero-order valence-electron chi connectivity index (χ0n) is 16.7. The number of ketones is 1. The number of benzene rings is 2. The summed E-state index contributed by atoms with van der Waals surface area (Å²) in [6.45, 7) is 0.986. The number of rotatable bonds is 4. The van der Waals surface area contributed by atoms with E-state index in [4.69, 9.17) is 26.2 Å². The lowest BCUT2D eigenvalue weighted by Gasteiger charge is -2.31.